The van der Waals surface area contributed by atoms with Gasteiger partial charge >= 0.3 is 5.97 Å². The molecule has 1 aliphatic heterocycles. The highest BCUT2D eigenvalue weighted by Gasteiger charge is 2.39. The minimum atomic E-state index is -1.13. The van der Waals surface area contributed by atoms with Gasteiger partial charge in [0.15, 0.2) is 5.25 Å². The first-order valence-electron chi connectivity index (χ1n) is 2.75. The minimum absolute atomic E-state index is 0.322. The molecule has 1 heterocycles. The molecule has 0 aromatic heterocycles. The van der Waals surface area contributed by atoms with Gasteiger partial charge in [0.05, 0.1) is 0 Å². The predicted molar refractivity (Wildman–Crippen MR) is 44.4 cm³/mol. The van der Waals surface area contributed by atoms with Crippen LogP contribution in [0.2, 0.25) is 0 Å². The van der Waals surface area contributed by atoms with Crippen molar-refractivity contribution in [3.05, 3.63) is 0 Å². The number of hydrogen-bond donors (Lipinski definition) is 1. The second-order valence-electron chi connectivity index (χ2n) is 2.00. The molecule has 0 bridgehead atoms. The zero-order valence-corrected chi connectivity index (χ0v) is 7.24. The normalized spacial score (nSPS) is 24.5. The van der Waals surface area contributed by atoms with Crippen LogP contribution in [-0.4, -0.2) is 38.5 Å². The average Bonchev–Trinajstić information content (AvgIpc) is 2.17. The maximum atomic E-state index is 11.0. The molecule has 60 valence electrons. The third kappa shape index (κ3) is 1.36. The first kappa shape index (κ1) is 8.48. The van der Waals surface area contributed by atoms with E-state index in [0.29, 0.717) is 4.32 Å². The molecule has 1 rings (SSSR count). The molecule has 0 radical (unpaired) electrons. The summed E-state index contributed by atoms with van der Waals surface area (Å²) in [5.74, 6) is -1.58. The molecular formula is C5H5NO3S2. The van der Waals surface area contributed by atoms with E-state index >= 15 is 0 Å². The minimum Gasteiger partial charge on any atom is -0.480 e. The highest BCUT2D eigenvalue weighted by atomic mass is 32.2. The molecule has 6 heteroatoms. The summed E-state index contributed by atoms with van der Waals surface area (Å²) in [5, 5.41) is 7.46. The summed E-state index contributed by atoms with van der Waals surface area (Å²) in [6.45, 7) is 0. The van der Waals surface area contributed by atoms with Gasteiger partial charge in [-0.2, -0.15) is 0 Å². The second-order valence-corrected chi connectivity index (χ2v) is 3.74. The quantitative estimate of drug-likeness (QED) is 0.464. The van der Waals surface area contributed by atoms with E-state index < -0.39 is 17.1 Å². The van der Waals surface area contributed by atoms with Crippen molar-refractivity contribution in [2.45, 2.75) is 5.25 Å². The Kier molecular flexibility index (Phi) is 2.15. The summed E-state index contributed by atoms with van der Waals surface area (Å²) in [7, 11) is 1.47. The van der Waals surface area contributed by atoms with E-state index in [0.717, 1.165) is 11.8 Å². The number of amides is 1. The fraction of sp³-hybridized carbons (Fsp3) is 0.400. The maximum Gasteiger partial charge on any atom is 0.326 e. The highest BCUT2D eigenvalue weighted by molar-refractivity contribution is 8.24. The lowest BCUT2D eigenvalue weighted by Gasteiger charge is -2.04. The number of aliphatic carboxylic acids is 1. The maximum absolute atomic E-state index is 11.0. The van der Waals surface area contributed by atoms with Crippen LogP contribution in [0.1, 0.15) is 0 Å². The van der Waals surface area contributed by atoms with Crippen molar-refractivity contribution in [2.24, 2.45) is 0 Å². The number of thioether (sulfide) groups is 1. The van der Waals surface area contributed by atoms with Gasteiger partial charge in [-0.3, -0.25) is 14.5 Å². The van der Waals surface area contributed by atoms with Crippen LogP contribution in [0.5, 0.6) is 0 Å². The van der Waals surface area contributed by atoms with Gasteiger partial charge in [-0.05, 0) is 0 Å². The van der Waals surface area contributed by atoms with Crippen molar-refractivity contribution in [1.82, 2.24) is 4.90 Å². The highest BCUT2D eigenvalue weighted by Crippen LogP contribution is 2.25. The van der Waals surface area contributed by atoms with Gasteiger partial charge in [-0.1, -0.05) is 24.0 Å². The largest absolute Gasteiger partial charge is 0.480 e. The van der Waals surface area contributed by atoms with E-state index in [2.05, 4.69) is 0 Å². The molecule has 0 aromatic carbocycles. The number of carbonyl (C=O) groups excluding carboxylic acids is 1. The van der Waals surface area contributed by atoms with Crippen LogP contribution in [0, 0.1) is 0 Å². The van der Waals surface area contributed by atoms with E-state index in [9.17, 15) is 9.59 Å². The Bertz CT molecular complexity index is 240. The van der Waals surface area contributed by atoms with Crippen LogP contribution in [-0.2, 0) is 9.59 Å². The molecule has 0 spiro atoms. The fourth-order valence-electron chi connectivity index (χ4n) is 0.652. The van der Waals surface area contributed by atoms with Gasteiger partial charge in [0.2, 0.25) is 0 Å². The van der Waals surface area contributed by atoms with Crippen LogP contribution >= 0.6 is 24.0 Å². The molecule has 1 amide bonds. The third-order valence-electron chi connectivity index (χ3n) is 1.27. The molecule has 1 saturated heterocycles. The van der Waals surface area contributed by atoms with E-state index in [4.69, 9.17) is 17.3 Å². The van der Waals surface area contributed by atoms with Crippen molar-refractivity contribution in [3.63, 3.8) is 0 Å². The van der Waals surface area contributed by atoms with Crippen LogP contribution in [0.15, 0.2) is 0 Å². The Morgan fingerprint density at radius 3 is 2.55 bits per heavy atom. The summed E-state index contributed by atoms with van der Waals surface area (Å²) in [6.07, 6.45) is 0. The summed E-state index contributed by atoms with van der Waals surface area (Å²) in [5.41, 5.74) is 0. The standard InChI is InChI=1S/C5H5NO3S2/c1-6-3(7)2(4(8)9)11-5(6)10/h2H,1H3,(H,8,9). The van der Waals surface area contributed by atoms with Crippen molar-refractivity contribution >= 4 is 40.2 Å². The van der Waals surface area contributed by atoms with E-state index in [1.54, 1.807) is 0 Å². The molecule has 0 aromatic rings. The Labute approximate surface area is 72.6 Å². The Morgan fingerprint density at radius 2 is 2.36 bits per heavy atom. The number of carboxylic acids is 1. The number of hydrogen-bond acceptors (Lipinski definition) is 4. The Hall–Kier alpha value is -0.620. The summed E-state index contributed by atoms with van der Waals surface area (Å²) in [6, 6.07) is 0. The number of carbonyl (C=O) groups is 2. The summed E-state index contributed by atoms with van der Waals surface area (Å²) < 4.78 is 0.322. The van der Waals surface area contributed by atoms with E-state index in [1.807, 2.05) is 0 Å². The third-order valence-corrected chi connectivity index (χ3v) is 2.95. The predicted octanol–water partition coefficient (Wildman–Crippen LogP) is -0.0703. The molecule has 1 aliphatic rings. The zero-order valence-electron chi connectivity index (χ0n) is 5.60. The van der Waals surface area contributed by atoms with Gasteiger partial charge in [0.1, 0.15) is 4.32 Å². The average molecular weight is 191 g/mol. The summed E-state index contributed by atoms with van der Waals surface area (Å²) in [4.78, 5) is 22.5. The number of rotatable bonds is 1. The Morgan fingerprint density at radius 1 is 1.82 bits per heavy atom. The molecule has 0 saturated carbocycles. The molecule has 1 unspecified atom stereocenters. The molecule has 11 heavy (non-hydrogen) atoms. The Balaban J connectivity index is 2.83. The molecule has 0 aliphatic carbocycles. The van der Waals surface area contributed by atoms with Crippen LogP contribution in [0.3, 0.4) is 0 Å². The SMILES string of the molecule is CN1C(=O)C(C(=O)O)SC1=S. The van der Waals surface area contributed by atoms with Gasteiger partial charge in [0, 0.05) is 7.05 Å². The molecule has 1 fully saturated rings. The van der Waals surface area contributed by atoms with Gasteiger partial charge < -0.3 is 5.11 Å². The van der Waals surface area contributed by atoms with Crippen molar-refractivity contribution in [1.29, 1.82) is 0 Å². The van der Waals surface area contributed by atoms with Crippen molar-refractivity contribution < 1.29 is 14.7 Å². The van der Waals surface area contributed by atoms with Crippen LogP contribution in [0.25, 0.3) is 0 Å². The van der Waals surface area contributed by atoms with Crippen LogP contribution in [0.4, 0.5) is 0 Å². The van der Waals surface area contributed by atoms with Crippen LogP contribution < -0.4 is 0 Å². The molecule has 1 N–H and O–H groups in total. The lowest BCUT2D eigenvalue weighted by atomic mass is 10.4. The topological polar surface area (TPSA) is 57.6 Å². The summed E-state index contributed by atoms with van der Waals surface area (Å²) >= 11 is 5.62. The fourth-order valence-corrected chi connectivity index (χ4v) is 1.84. The number of carboxylic acid groups (broad SMARTS) is 1. The zero-order chi connectivity index (χ0) is 8.59. The van der Waals surface area contributed by atoms with Gasteiger partial charge in [0.25, 0.3) is 5.91 Å². The van der Waals surface area contributed by atoms with E-state index in [-0.39, 0.29) is 0 Å². The number of nitrogens with zero attached hydrogens (tertiary/aromatic N) is 1. The monoisotopic (exact) mass is 191 g/mol. The lowest BCUT2D eigenvalue weighted by Crippen LogP contribution is -2.31. The smallest absolute Gasteiger partial charge is 0.326 e. The second kappa shape index (κ2) is 2.78. The van der Waals surface area contributed by atoms with Gasteiger partial charge in [-0.25, -0.2) is 0 Å². The van der Waals surface area contributed by atoms with Crippen molar-refractivity contribution in [3.8, 4) is 0 Å². The molecule has 1 atom stereocenters. The lowest BCUT2D eigenvalue weighted by molar-refractivity contribution is -0.141. The van der Waals surface area contributed by atoms with E-state index in [1.165, 1.54) is 11.9 Å². The molecule has 4 nitrogen and oxygen atoms in total. The number of thiocarbonyl (C=S) groups is 1. The molecular weight excluding hydrogens is 186 g/mol. The first-order valence-corrected chi connectivity index (χ1v) is 4.04. The van der Waals surface area contributed by atoms with Crippen molar-refractivity contribution in [2.75, 3.05) is 7.05 Å². The van der Waals surface area contributed by atoms with Gasteiger partial charge in [-0.15, -0.1) is 0 Å². The first-order chi connectivity index (χ1) is 5.04.